The van der Waals surface area contributed by atoms with E-state index in [9.17, 15) is 9.90 Å². The highest BCUT2D eigenvalue weighted by molar-refractivity contribution is 5.93. The van der Waals surface area contributed by atoms with Crippen molar-refractivity contribution in [2.45, 2.75) is 44.7 Å². The lowest BCUT2D eigenvalue weighted by molar-refractivity contribution is 0.0697. The van der Waals surface area contributed by atoms with E-state index < -0.39 is 5.97 Å². The molecule has 0 amide bonds. The largest absolute Gasteiger partial charge is 0.478 e. The number of carbonyl (C=O) groups is 1. The maximum atomic E-state index is 11.5. The maximum Gasteiger partial charge on any atom is 0.335 e. The molecule has 0 spiro atoms. The summed E-state index contributed by atoms with van der Waals surface area (Å²) in [4.78, 5) is 21.3. The molecule has 6 nitrogen and oxygen atoms in total. The third kappa shape index (κ3) is 4.17. The number of nitrogens with zero attached hydrogens (tertiary/aromatic N) is 4. The zero-order chi connectivity index (χ0) is 21.2. The molecule has 2 heterocycles. The van der Waals surface area contributed by atoms with Crippen LogP contribution < -0.4 is 4.90 Å². The molecule has 1 aliphatic carbocycles. The third-order valence-corrected chi connectivity index (χ3v) is 6.76. The average molecular weight is 419 g/mol. The number of hydrogen-bond acceptors (Lipinski definition) is 4. The van der Waals surface area contributed by atoms with Crippen LogP contribution in [-0.4, -0.2) is 51.7 Å². The summed E-state index contributed by atoms with van der Waals surface area (Å²) in [5.41, 5.74) is 3.53. The molecule has 162 valence electrons. The second kappa shape index (κ2) is 8.71. The maximum absolute atomic E-state index is 11.5. The standard InChI is InChI=1S/C25H30N4O2/c30-24(31)20-11-12-23-22(17-20)26-25(29(23)21-9-5-2-6-10-21)28-15-13-27(14-16-28)18-19-7-3-1-4-8-19/h1,3-4,7-8,11-12,17,21H,2,5-6,9-10,13-16,18H2,(H,30,31). The summed E-state index contributed by atoms with van der Waals surface area (Å²) in [6.07, 6.45) is 6.16. The van der Waals surface area contributed by atoms with Crippen molar-refractivity contribution in [1.29, 1.82) is 0 Å². The Morgan fingerprint density at radius 2 is 1.71 bits per heavy atom. The Kier molecular flexibility index (Phi) is 5.64. The van der Waals surface area contributed by atoms with Gasteiger partial charge in [-0.25, -0.2) is 9.78 Å². The van der Waals surface area contributed by atoms with Crippen LogP contribution in [0.25, 0.3) is 11.0 Å². The smallest absolute Gasteiger partial charge is 0.335 e. The van der Waals surface area contributed by atoms with Gasteiger partial charge >= 0.3 is 5.97 Å². The topological polar surface area (TPSA) is 61.6 Å². The van der Waals surface area contributed by atoms with Crippen molar-refractivity contribution >= 4 is 23.0 Å². The monoisotopic (exact) mass is 418 g/mol. The number of benzene rings is 2. The second-order valence-corrected chi connectivity index (χ2v) is 8.83. The number of carboxylic acid groups (broad SMARTS) is 1. The SMILES string of the molecule is O=C(O)c1ccc2c(c1)nc(N1CCN(Cc3ccccc3)CC1)n2C1CCCCC1. The minimum atomic E-state index is -0.898. The Balaban J connectivity index is 1.41. The van der Waals surface area contributed by atoms with Crippen molar-refractivity contribution in [2.24, 2.45) is 0 Å². The van der Waals surface area contributed by atoms with E-state index in [2.05, 4.69) is 44.7 Å². The molecule has 0 atom stereocenters. The molecule has 1 saturated carbocycles. The Bertz CT molecular complexity index is 1050. The summed E-state index contributed by atoms with van der Waals surface area (Å²) in [5.74, 6) is 0.119. The fourth-order valence-corrected chi connectivity index (χ4v) is 5.09. The summed E-state index contributed by atoms with van der Waals surface area (Å²) in [7, 11) is 0. The van der Waals surface area contributed by atoms with Crippen LogP contribution in [0, 0.1) is 0 Å². The highest BCUT2D eigenvalue weighted by Gasteiger charge is 2.27. The fraction of sp³-hybridized carbons (Fsp3) is 0.440. The first-order chi connectivity index (χ1) is 15.2. The van der Waals surface area contributed by atoms with Crippen LogP contribution in [0.4, 0.5) is 5.95 Å². The number of aromatic carboxylic acids is 1. The summed E-state index contributed by atoms with van der Waals surface area (Å²) in [5, 5.41) is 9.42. The number of hydrogen-bond donors (Lipinski definition) is 1. The van der Waals surface area contributed by atoms with Crippen LogP contribution >= 0.6 is 0 Å². The molecule has 1 N–H and O–H groups in total. The fourth-order valence-electron chi connectivity index (χ4n) is 5.09. The molecule has 2 aliphatic rings. The molecule has 2 fully saturated rings. The minimum absolute atomic E-state index is 0.306. The van der Waals surface area contributed by atoms with Gasteiger partial charge in [-0.3, -0.25) is 4.90 Å². The van der Waals surface area contributed by atoms with Crippen LogP contribution in [0.15, 0.2) is 48.5 Å². The third-order valence-electron chi connectivity index (χ3n) is 6.76. The van der Waals surface area contributed by atoms with Crippen molar-refractivity contribution in [1.82, 2.24) is 14.5 Å². The first-order valence-corrected chi connectivity index (χ1v) is 11.5. The molecule has 3 aromatic rings. The van der Waals surface area contributed by atoms with Crippen LogP contribution in [0.3, 0.4) is 0 Å². The number of carboxylic acids is 1. The molecule has 1 aromatic heterocycles. The second-order valence-electron chi connectivity index (χ2n) is 8.83. The van der Waals surface area contributed by atoms with Crippen molar-refractivity contribution < 1.29 is 9.90 Å². The number of piperazine rings is 1. The van der Waals surface area contributed by atoms with E-state index in [0.717, 1.165) is 49.7 Å². The van der Waals surface area contributed by atoms with E-state index in [0.29, 0.717) is 11.6 Å². The van der Waals surface area contributed by atoms with Gasteiger partial charge < -0.3 is 14.6 Å². The lowest BCUT2D eigenvalue weighted by atomic mass is 9.95. The van der Waals surface area contributed by atoms with Gasteiger partial charge in [0.2, 0.25) is 5.95 Å². The Hall–Kier alpha value is -2.86. The first kappa shape index (κ1) is 20.1. The predicted octanol–water partition coefficient (Wildman–Crippen LogP) is 4.56. The summed E-state index contributed by atoms with van der Waals surface area (Å²) < 4.78 is 2.41. The highest BCUT2D eigenvalue weighted by atomic mass is 16.4. The van der Waals surface area contributed by atoms with Gasteiger partial charge in [0, 0.05) is 38.8 Å². The van der Waals surface area contributed by atoms with Gasteiger partial charge in [-0.05, 0) is 36.6 Å². The van der Waals surface area contributed by atoms with Crippen LogP contribution in [-0.2, 0) is 6.54 Å². The Morgan fingerprint density at radius 3 is 2.42 bits per heavy atom. The number of anilines is 1. The van der Waals surface area contributed by atoms with Gasteiger partial charge in [0.25, 0.3) is 0 Å². The van der Waals surface area contributed by atoms with Crippen molar-refractivity contribution in [3.8, 4) is 0 Å². The molecule has 0 radical (unpaired) electrons. The first-order valence-electron chi connectivity index (χ1n) is 11.5. The zero-order valence-corrected chi connectivity index (χ0v) is 17.9. The van der Waals surface area contributed by atoms with E-state index in [-0.39, 0.29) is 0 Å². The molecular weight excluding hydrogens is 388 g/mol. The van der Waals surface area contributed by atoms with E-state index in [1.54, 1.807) is 12.1 Å². The molecule has 31 heavy (non-hydrogen) atoms. The van der Waals surface area contributed by atoms with Crippen LogP contribution in [0.1, 0.15) is 54.1 Å². The molecule has 0 bridgehead atoms. The Labute approximate surface area is 183 Å². The number of imidazole rings is 1. The minimum Gasteiger partial charge on any atom is -0.478 e. The normalized spacial score (nSPS) is 18.5. The molecular formula is C25H30N4O2. The predicted molar refractivity (Wildman–Crippen MR) is 123 cm³/mol. The van der Waals surface area contributed by atoms with E-state index in [4.69, 9.17) is 4.98 Å². The van der Waals surface area contributed by atoms with Gasteiger partial charge in [0.1, 0.15) is 0 Å². The number of aromatic nitrogens is 2. The van der Waals surface area contributed by atoms with Gasteiger partial charge in [-0.2, -0.15) is 0 Å². The van der Waals surface area contributed by atoms with Gasteiger partial charge in [-0.1, -0.05) is 49.6 Å². The average Bonchev–Trinajstić information content (AvgIpc) is 3.19. The van der Waals surface area contributed by atoms with Crippen LogP contribution in [0.2, 0.25) is 0 Å². The van der Waals surface area contributed by atoms with E-state index >= 15 is 0 Å². The molecule has 0 unspecified atom stereocenters. The van der Waals surface area contributed by atoms with Crippen molar-refractivity contribution in [2.75, 3.05) is 31.1 Å². The Morgan fingerprint density at radius 1 is 0.968 bits per heavy atom. The molecule has 1 saturated heterocycles. The van der Waals surface area contributed by atoms with Gasteiger partial charge in [0.15, 0.2) is 0 Å². The van der Waals surface area contributed by atoms with E-state index in [1.807, 2.05) is 6.07 Å². The number of fused-ring (bicyclic) bond motifs is 1. The molecule has 1 aliphatic heterocycles. The van der Waals surface area contributed by atoms with Crippen LogP contribution in [0.5, 0.6) is 0 Å². The lowest BCUT2D eigenvalue weighted by Crippen LogP contribution is -2.47. The molecule has 5 rings (SSSR count). The van der Waals surface area contributed by atoms with Gasteiger partial charge in [-0.15, -0.1) is 0 Å². The molecule has 6 heteroatoms. The molecule has 2 aromatic carbocycles. The quantitative estimate of drug-likeness (QED) is 0.658. The van der Waals surface area contributed by atoms with E-state index in [1.165, 1.54) is 37.7 Å². The summed E-state index contributed by atoms with van der Waals surface area (Å²) in [6.45, 7) is 4.87. The summed E-state index contributed by atoms with van der Waals surface area (Å²) in [6, 6.07) is 16.5. The zero-order valence-electron chi connectivity index (χ0n) is 17.9. The van der Waals surface area contributed by atoms with Crippen molar-refractivity contribution in [3.05, 3.63) is 59.7 Å². The number of rotatable bonds is 5. The highest BCUT2D eigenvalue weighted by Crippen LogP contribution is 2.36. The lowest BCUT2D eigenvalue weighted by Gasteiger charge is -2.37. The van der Waals surface area contributed by atoms with Crippen molar-refractivity contribution in [3.63, 3.8) is 0 Å². The van der Waals surface area contributed by atoms with Gasteiger partial charge in [0.05, 0.1) is 16.6 Å². The summed E-state index contributed by atoms with van der Waals surface area (Å²) >= 11 is 0.